The molecule has 1 atom stereocenters. The van der Waals surface area contributed by atoms with E-state index in [1.54, 1.807) is 50.4 Å². The third-order valence-corrected chi connectivity index (χ3v) is 4.48. The molecule has 0 saturated carbocycles. The number of carbonyl (C=O) groups is 2. The molecule has 1 N–H and O–H groups in total. The number of ketones is 1. The number of ether oxygens (including phenoxy) is 2. The van der Waals surface area contributed by atoms with E-state index >= 15 is 0 Å². The monoisotopic (exact) mass is 406 g/mol. The number of carbonyl (C=O) groups excluding carboxylic acids is 2. The molecule has 0 aromatic heterocycles. The second-order valence-corrected chi connectivity index (χ2v) is 6.58. The van der Waals surface area contributed by atoms with E-state index in [1.807, 2.05) is 4.90 Å². The van der Waals surface area contributed by atoms with Crippen molar-refractivity contribution in [1.82, 2.24) is 4.90 Å². The van der Waals surface area contributed by atoms with Gasteiger partial charge >= 0.3 is 6.61 Å². The zero-order chi connectivity index (χ0) is 21.6. The Labute approximate surface area is 168 Å². The predicted molar refractivity (Wildman–Crippen MR) is 106 cm³/mol. The summed E-state index contributed by atoms with van der Waals surface area (Å²) in [4.78, 5) is 25.6. The Hall–Kier alpha value is -3.00. The first-order chi connectivity index (χ1) is 13.7. The van der Waals surface area contributed by atoms with Gasteiger partial charge in [0.15, 0.2) is 17.3 Å². The molecule has 0 heterocycles. The van der Waals surface area contributed by atoms with Crippen LogP contribution in [-0.2, 0) is 11.3 Å². The van der Waals surface area contributed by atoms with Gasteiger partial charge < -0.3 is 14.8 Å². The Morgan fingerprint density at radius 2 is 1.76 bits per heavy atom. The summed E-state index contributed by atoms with van der Waals surface area (Å²) in [5.74, 6) is -0.114. The van der Waals surface area contributed by atoms with Gasteiger partial charge in [0, 0.05) is 17.8 Å². The van der Waals surface area contributed by atoms with Crippen LogP contribution >= 0.6 is 0 Å². The van der Waals surface area contributed by atoms with Crippen molar-refractivity contribution >= 4 is 17.4 Å². The summed E-state index contributed by atoms with van der Waals surface area (Å²) in [5, 5.41) is 2.81. The van der Waals surface area contributed by atoms with Crippen molar-refractivity contribution in [3.8, 4) is 11.5 Å². The summed E-state index contributed by atoms with van der Waals surface area (Å²) in [6.07, 6.45) is 0. The molecule has 0 aliphatic carbocycles. The number of nitrogens with zero attached hydrogens (tertiary/aromatic N) is 1. The number of benzene rings is 2. The zero-order valence-corrected chi connectivity index (χ0v) is 16.7. The topological polar surface area (TPSA) is 67.9 Å². The molecule has 0 aliphatic heterocycles. The highest BCUT2D eigenvalue weighted by molar-refractivity contribution is 5.96. The van der Waals surface area contributed by atoms with Crippen LogP contribution in [0.3, 0.4) is 0 Å². The molecule has 2 aromatic carbocycles. The van der Waals surface area contributed by atoms with Gasteiger partial charge in [0.05, 0.1) is 13.2 Å². The van der Waals surface area contributed by atoms with Gasteiger partial charge in [-0.15, -0.1) is 0 Å². The summed E-state index contributed by atoms with van der Waals surface area (Å²) < 4.78 is 34.4. The zero-order valence-electron chi connectivity index (χ0n) is 16.7. The molecule has 29 heavy (non-hydrogen) atoms. The Morgan fingerprint density at radius 3 is 2.31 bits per heavy atom. The molecule has 0 radical (unpaired) electrons. The highest BCUT2D eigenvalue weighted by atomic mass is 19.3. The smallest absolute Gasteiger partial charge is 0.387 e. The molecule has 156 valence electrons. The third-order valence-electron chi connectivity index (χ3n) is 4.48. The molecular weight excluding hydrogens is 382 g/mol. The molecule has 2 aromatic rings. The number of hydrogen-bond donors (Lipinski definition) is 1. The van der Waals surface area contributed by atoms with Crippen molar-refractivity contribution in [3.63, 3.8) is 0 Å². The maximum absolute atomic E-state index is 12.5. The van der Waals surface area contributed by atoms with Crippen molar-refractivity contribution in [3.05, 3.63) is 53.6 Å². The van der Waals surface area contributed by atoms with E-state index in [2.05, 4.69) is 10.1 Å². The first kappa shape index (κ1) is 22.3. The number of amides is 1. The normalized spacial score (nSPS) is 12.0. The highest BCUT2D eigenvalue weighted by Crippen LogP contribution is 2.30. The second-order valence-electron chi connectivity index (χ2n) is 6.58. The summed E-state index contributed by atoms with van der Waals surface area (Å²) in [6, 6.07) is 10.8. The summed E-state index contributed by atoms with van der Waals surface area (Å²) in [7, 11) is 3.15. The average Bonchev–Trinajstić information content (AvgIpc) is 2.68. The van der Waals surface area contributed by atoms with Gasteiger partial charge in [0.1, 0.15) is 0 Å². The first-order valence-electron chi connectivity index (χ1n) is 8.95. The van der Waals surface area contributed by atoms with Crippen LogP contribution in [0.1, 0.15) is 29.8 Å². The van der Waals surface area contributed by atoms with E-state index in [9.17, 15) is 18.4 Å². The molecule has 0 bridgehead atoms. The lowest BCUT2D eigenvalue weighted by molar-refractivity contribution is -0.120. The van der Waals surface area contributed by atoms with Crippen molar-refractivity contribution in [2.75, 3.05) is 19.5 Å². The summed E-state index contributed by atoms with van der Waals surface area (Å²) in [6.45, 7) is 0.686. The number of anilines is 1. The number of nitrogens with one attached hydrogen (secondary N) is 1. The van der Waals surface area contributed by atoms with Crippen LogP contribution in [0.4, 0.5) is 14.5 Å². The van der Waals surface area contributed by atoms with Crippen LogP contribution < -0.4 is 14.8 Å². The number of methoxy groups -OCH3 is 1. The standard InChI is InChI=1S/C21H24F2N2O4/c1-13(20(27)24-17-8-6-16(7-9-17)14(2)26)25(3)12-15-5-10-18(29-21(22)23)19(11-15)28-4/h5-11,13,21H,12H2,1-4H3,(H,24,27)/t13-/m1/s1. The molecule has 2 rings (SSSR count). The lowest BCUT2D eigenvalue weighted by Gasteiger charge is -2.24. The Morgan fingerprint density at radius 1 is 1.10 bits per heavy atom. The number of Topliss-reactive ketones (excluding diaryl/α,β-unsaturated/α-hetero) is 1. The van der Waals surface area contributed by atoms with Gasteiger partial charge in [-0.25, -0.2) is 0 Å². The Balaban J connectivity index is 2.01. The number of hydrogen-bond acceptors (Lipinski definition) is 5. The van der Waals surface area contributed by atoms with Crippen LogP contribution in [-0.4, -0.2) is 43.4 Å². The van der Waals surface area contributed by atoms with Gasteiger partial charge in [-0.1, -0.05) is 6.07 Å². The fourth-order valence-electron chi connectivity index (χ4n) is 2.66. The lowest BCUT2D eigenvalue weighted by Crippen LogP contribution is -2.39. The second kappa shape index (κ2) is 9.97. The maximum Gasteiger partial charge on any atom is 0.387 e. The molecular formula is C21H24F2N2O4. The van der Waals surface area contributed by atoms with Gasteiger partial charge in [0.25, 0.3) is 0 Å². The number of rotatable bonds is 9. The first-order valence-corrected chi connectivity index (χ1v) is 8.95. The quantitative estimate of drug-likeness (QED) is 0.639. The summed E-state index contributed by atoms with van der Waals surface area (Å²) >= 11 is 0. The lowest BCUT2D eigenvalue weighted by atomic mass is 10.1. The number of halogens is 2. The van der Waals surface area contributed by atoms with E-state index < -0.39 is 12.7 Å². The van der Waals surface area contributed by atoms with Crippen LogP contribution in [0.15, 0.2) is 42.5 Å². The van der Waals surface area contributed by atoms with Gasteiger partial charge in [-0.05, 0) is 62.9 Å². The van der Waals surface area contributed by atoms with E-state index in [0.717, 1.165) is 5.56 Å². The molecule has 8 heteroatoms. The van der Waals surface area contributed by atoms with Gasteiger partial charge in [-0.3, -0.25) is 14.5 Å². The number of likely N-dealkylation sites (N-methyl/N-ethyl adjacent to an activating group) is 1. The Bertz CT molecular complexity index is 856. The maximum atomic E-state index is 12.5. The van der Waals surface area contributed by atoms with Crippen LogP contribution in [0, 0.1) is 0 Å². The fourth-order valence-corrected chi connectivity index (χ4v) is 2.66. The molecule has 6 nitrogen and oxygen atoms in total. The minimum Gasteiger partial charge on any atom is -0.493 e. The van der Waals surface area contributed by atoms with Crippen LogP contribution in [0.25, 0.3) is 0 Å². The van der Waals surface area contributed by atoms with Gasteiger partial charge in [-0.2, -0.15) is 8.78 Å². The minimum atomic E-state index is -2.94. The molecule has 0 aliphatic rings. The van der Waals surface area contributed by atoms with Gasteiger partial charge in [0.2, 0.25) is 5.91 Å². The summed E-state index contributed by atoms with van der Waals surface area (Å²) in [5.41, 5.74) is 1.94. The average molecular weight is 406 g/mol. The van der Waals surface area contributed by atoms with Crippen LogP contribution in [0.2, 0.25) is 0 Å². The van der Waals surface area contributed by atoms with Crippen LogP contribution in [0.5, 0.6) is 11.5 Å². The minimum absolute atomic E-state index is 0.0450. The SMILES string of the molecule is COc1cc(CN(C)[C@H](C)C(=O)Nc2ccc(C(C)=O)cc2)ccc1OC(F)F. The van der Waals surface area contributed by atoms with E-state index in [4.69, 9.17) is 4.74 Å². The van der Waals surface area contributed by atoms with Crippen molar-refractivity contribution < 1.29 is 27.8 Å². The van der Waals surface area contributed by atoms with E-state index in [0.29, 0.717) is 17.8 Å². The number of alkyl halides is 2. The molecule has 0 unspecified atom stereocenters. The van der Waals surface area contributed by atoms with E-state index in [1.165, 1.54) is 20.1 Å². The predicted octanol–water partition coefficient (Wildman–Crippen LogP) is 3.96. The molecule has 0 spiro atoms. The van der Waals surface area contributed by atoms with E-state index in [-0.39, 0.29) is 23.2 Å². The Kier molecular flexibility index (Phi) is 7.67. The van der Waals surface area contributed by atoms with Crippen molar-refractivity contribution in [2.24, 2.45) is 0 Å². The highest BCUT2D eigenvalue weighted by Gasteiger charge is 2.19. The fraction of sp³-hybridized carbons (Fsp3) is 0.333. The molecule has 1 amide bonds. The molecule has 0 fully saturated rings. The van der Waals surface area contributed by atoms with Crippen molar-refractivity contribution in [2.45, 2.75) is 33.0 Å². The molecule has 0 saturated heterocycles. The third kappa shape index (κ3) is 6.25. The van der Waals surface area contributed by atoms with Crippen molar-refractivity contribution in [1.29, 1.82) is 0 Å². The largest absolute Gasteiger partial charge is 0.493 e.